The summed E-state index contributed by atoms with van der Waals surface area (Å²) < 4.78 is 66.0. The number of benzene rings is 2. The normalized spacial score (nSPS) is 11.7. The van der Waals surface area contributed by atoms with Crippen LogP contribution >= 0.6 is 11.8 Å². The van der Waals surface area contributed by atoms with Gasteiger partial charge in [0.05, 0.1) is 21.9 Å². The molecule has 32 heavy (non-hydrogen) atoms. The van der Waals surface area contributed by atoms with E-state index in [0.29, 0.717) is 11.8 Å². The van der Waals surface area contributed by atoms with Crippen LogP contribution in [0.3, 0.4) is 0 Å². The fourth-order valence-electron chi connectivity index (χ4n) is 2.51. The van der Waals surface area contributed by atoms with E-state index < -0.39 is 38.9 Å². The zero-order valence-corrected chi connectivity index (χ0v) is 17.6. The second-order valence-electron chi connectivity index (χ2n) is 6.23. The number of nitrogens with zero attached hydrogens (tertiary/aromatic N) is 1. The predicted octanol–water partition coefficient (Wildman–Crippen LogP) is 3.32. The van der Waals surface area contributed by atoms with Crippen molar-refractivity contribution in [2.24, 2.45) is 0 Å². The number of nitrogens with one attached hydrogen (secondary N) is 3. The highest BCUT2D eigenvalue weighted by Gasteiger charge is 2.33. The van der Waals surface area contributed by atoms with Crippen molar-refractivity contribution in [3.63, 3.8) is 0 Å². The zero-order chi connectivity index (χ0) is 23.4. The first-order chi connectivity index (χ1) is 15.0. The molecule has 0 spiro atoms. The summed E-state index contributed by atoms with van der Waals surface area (Å²) >= 11 is 0.716. The van der Waals surface area contributed by atoms with Crippen LogP contribution in [0.1, 0.15) is 5.56 Å². The van der Waals surface area contributed by atoms with Gasteiger partial charge in [0.25, 0.3) is 15.6 Å². The number of carbonyl (C=O) groups excluding carboxylic acids is 1. The van der Waals surface area contributed by atoms with Gasteiger partial charge >= 0.3 is 6.18 Å². The molecule has 0 atom stereocenters. The molecule has 1 aromatic heterocycles. The summed E-state index contributed by atoms with van der Waals surface area (Å²) in [7, 11) is -4.00. The number of hydrogen-bond acceptors (Lipinski definition) is 6. The number of hydrogen-bond donors (Lipinski definition) is 3. The van der Waals surface area contributed by atoms with Gasteiger partial charge in [0.2, 0.25) is 5.91 Å². The molecule has 0 fully saturated rings. The number of halogens is 3. The highest BCUT2D eigenvalue weighted by Crippen LogP contribution is 2.34. The summed E-state index contributed by atoms with van der Waals surface area (Å²) in [5.41, 5.74) is -2.09. The number of anilines is 2. The Morgan fingerprint density at radius 2 is 1.72 bits per heavy atom. The molecule has 3 rings (SSSR count). The monoisotopic (exact) mass is 484 g/mol. The van der Waals surface area contributed by atoms with Crippen molar-refractivity contribution >= 4 is 39.2 Å². The highest BCUT2D eigenvalue weighted by atomic mass is 32.2. The van der Waals surface area contributed by atoms with Crippen LogP contribution in [0.4, 0.5) is 24.7 Å². The third-order valence-electron chi connectivity index (χ3n) is 3.86. The molecular weight excluding hydrogens is 469 g/mol. The van der Waals surface area contributed by atoms with E-state index in [9.17, 15) is 31.2 Å². The summed E-state index contributed by atoms with van der Waals surface area (Å²) in [6, 6.07) is 12.8. The SMILES string of the molecule is O=C(CSc1nc(NS(=O)(=O)c2ccccc2)cc(=O)[nH]1)Nc1ccccc1C(F)(F)F. The first-order valence-electron chi connectivity index (χ1n) is 8.83. The zero-order valence-electron chi connectivity index (χ0n) is 16.0. The number of carbonyl (C=O) groups is 1. The van der Waals surface area contributed by atoms with Crippen molar-refractivity contribution in [1.29, 1.82) is 0 Å². The summed E-state index contributed by atoms with van der Waals surface area (Å²) in [6.45, 7) is 0. The average Bonchev–Trinajstić information content (AvgIpc) is 2.72. The molecule has 0 unspecified atom stereocenters. The van der Waals surface area contributed by atoms with Gasteiger partial charge in [-0.05, 0) is 24.3 Å². The van der Waals surface area contributed by atoms with Crippen LogP contribution in [0.2, 0.25) is 0 Å². The molecule has 0 bridgehead atoms. The predicted molar refractivity (Wildman–Crippen MR) is 113 cm³/mol. The number of H-pyrrole nitrogens is 1. The van der Waals surface area contributed by atoms with Gasteiger partial charge in [0, 0.05) is 6.07 Å². The molecule has 0 saturated heterocycles. The smallest absolute Gasteiger partial charge is 0.325 e. The van der Waals surface area contributed by atoms with Crippen LogP contribution in [0, 0.1) is 0 Å². The van der Waals surface area contributed by atoms with E-state index in [-0.39, 0.29) is 21.6 Å². The Morgan fingerprint density at radius 1 is 1.06 bits per heavy atom. The van der Waals surface area contributed by atoms with Crippen molar-refractivity contribution in [2.75, 3.05) is 15.8 Å². The molecule has 0 aliphatic carbocycles. The maximum Gasteiger partial charge on any atom is 0.418 e. The second kappa shape index (κ2) is 9.44. The van der Waals surface area contributed by atoms with Gasteiger partial charge in [-0.15, -0.1) is 0 Å². The van der Waals surface area contributed by atoms with Gasteiger partial charge in [-0.1, -0.05) is 42.1 Å². The van der Waals surface area contributed by atoms with Gasteiger partial charge in [0.1, 0.15) is 5.82 Å². The number of amides is 1. The molecule has 1 heterocycles. The molecule has 0 aliphatic rings. The molecule has 3 aromatic rings. The summed E-state index contributed by atoms with van der Waals surface area (Å²) in [6.07, 6.45) is -4.64. The molecule has 3 N–H and O–H groups in total. The standard InChI is InChI=1S/C19H15F3N4O4S2/c20-19(21,22)13-8-4-5-9-14(13)23-17(28)11-31-18-24-15(10-16(27)25-18)26-32(29,30)12-6-2-1-3-7-12/h1-10H,11H2,(H,23,28)(H2,24,25,26,27). The number of thioether (sulfide) groups is 1. The van der Waals surface area contributed by atoms with E-state index in [1.165, 1.54) is 36.4 Å². The minimum atomic E-state index is -4.64. The van der Waals surface area contributed by atoms with Gasteiger partial charge in [-0.2, -0.15) is 13.2 Å². The minimum Gasteiger partial charge on any atom is -0.325 e. The molecule has 2 aromatic carbocycles. The Morgan fingerprint density at radius 3 is 2.41 bits per heavy atom. The third-order valence-corrected chi connectivity index (χ3v) is 6.10. The molecule has 1 amide bonds. The first kappa shape index (κ1) is 23.3. The van der Waals surface area contributed by atoms with Crippen LogP contribution in [0.25, 0.3) is 0 Å². The highest BCUT2D eigenvalue weighted by molar-refractivity contribution is 7.99. The molecule has 13 heteroatoms. The van der Waals surface area contributed by atoms with Crippen LogP contribution in [-0.2, 0) is 21.0 Å². The molecule has 0 saturated carbocycles. The van der Waals surface area contributed by atoms with Gasteiger partial charge in [-0.25, -0.2) is 13.4 Å². The number of para-hydroxylation sites is 1. The molecule has 0 aliphatic heterocycles. The fourth-order valence-corrected chi connectivity index (χ4v) is 4.20. The van der Waals surface area contributed by atoms with Crippen LogP contribution in [-0.4, -0.2) is 30.0 Å². The summed E-state index contributed by atoms with van der Waals surface area (Å²) in [5.74, 6) is -1.43. The van der Waals surface area contributed by atoms with Crippen LogP contribution in [0.5, 0.6) is 0 Å². The molecular formula is C19H15F3N4O4S2. The average molecular weight is 484 g/mol. The maximum atomic E-state index is 13.0. The van der Waals surface area contributed by atoms with E-state index in [1.807, 2.05) is 0 Å². The Kier molecular flexibility index (Phi) is 6.89. The van der Waals surface area contributed by atoms with Gasteiger partial charge in [0.15, 0.2) is 5.16 Å². The minimum absolute atomic E-state index is 0.0426. The quantitative estimate of drug-likeness (QED) is 0.350. The van der Waals surface area contributed by atoms with Crippen molar-refractivity contribution < 1.29 is 26.4 Å². The topological polar surface area (TPSA) is 121 Å². The lowest BCUT2D eigenvalue weighted by Crippen LogP contribution is -2.19. The van der Waals surface area contributed by atoms with E-state index >= 15 is 0 Å². The lowest BCUT2D eigenvalue weighted by Gasteiger charge is -2.13. The van der Waals surface area contributed by atoms with Crippen LogP contribution in [0.15, 0.2) is 75.5 Å². The van der Waals surface area contributed by atoms with Gasteiger partial charge < -0.3 is 10.3 Å². The molecule has 0 radical (unpaired) electrons. The summed E-state index contributed by atoms with van der Waals surface area (Å²) in [4.78, 5) is 30.2. The van der Waals surface area contributed by atoms with Crippen molar-refractivity contribution in [3.8, 4) is 0 Å². The number of aromatic nitrogens is 2. The fraction of sp³-hybridized carbons (Fsp3) is 0.105. The first-order valence-corrected chi connectivity index (χ1v) is 11.3. The van der Waals surface area contributed by atoms with Crippen molar-refractivity contribution in [3.05, 3.63) is 76.6 Å². The third kappa shape index (κ3) is 6.11. The Balaban J connectivity index is 1.70. The van der Waals surface area contributed by atoms with Crippen molar-refractivity contribution in [1.82, 2.24) is 9.97 Å². The Bertz CT molecular complexity index is 1280. The summed E-state index contributed by atoms with van der Waals surface area (Å²) in [5, 5.41) is 2.07. The largest absolute Gasteiger partial charge is 0.418 e. The van der Waals surface area contributed by atoms with Crippen molar-refractivity contribution in [2.45, 2.75) is 16.2 Å². The van der Waals surface area contributed by atoms with E-state index in [1.54, 1.807) is 6.07 Å². The number of sulfonamides is 1. The molecule has 168 valence electrons. The van der Waals surface area contributed by atoms with Gasteiger partial charge in [-0.3, -0.25) is 14.3 Å². The Labute approximate surface area is 184 Å². The number of rotatable bonds is 7. The second-order valence-corrected chi connectivity index (χ2v) is 8.88. The van der Waals surface area contributed by atoms with E-state index in [4.69, 9.17) is 0 Å². The number of alkyl halides is 3. The van der Waals surface area contributed by atoms with E-state index in [2.05, 4.69) is 20.0 Å². The Hall–Kier alpha value is -3.32. The maximum absolute atomic E-state index is 13.0. The number of aromatic amines is 1. The lowest BCUT2D eigenvalue weighted by molar-refractivity contribution is -0.137. The van der Waals surface area contributed by atoms with E-state index in [0.717, 1.165) is 18.2 Å². The lowest BCUT2D eigenvalue weighted by atomic mass is 10.1. The van der Waals surface area contributed by atoms with Crippen LogP contribution < -0.4 is 15.6 Å². The molecule has 8 nitrogen and oxygen atoms in total.